The van der Waals surface area contributed by atoms with Gasteiger partial charge in [0.25, 0.3) is 0 Å². The third kappa shape index (κ3) is 5.21. The molecule has 0 radical (unpaired) electrons. The second-order valence-corrected chi connectivity index (χ2v) is 7.16. The van der Waals surface area contributed by atoms with Gasteiger partial charge in [-0.25, -0.2) is 0 Å². The fourth-order valence-corrected chi connectivity index (χ4v) is 3.07. The van der Waals surface area contributed by atoms with Crippen LogP contribution in [0.25, 0.3) is 0 Å². The molecule has 2 aromatic carbocycles. The number of halogens is 3. The molecule has 6 heteroatoms. The van der Waals surface area contributed by atoms with E-state index >= 15 is 0 Å². The van der Waals surface area contributed by atoms with Crippen LogP contribution in [0.5, 0.6) is 0 Å². The summed E-state index contributed by atoms with van der Waals surface area (Å²) in [4.78, 5) is 0. The summed E-state index contributed by atoms with van der Waals surface area (Å²) in [5, 5.41) is 6.62. The number of thiocarbonyl (C=S) groups is 1. The molecule has 2 rings (SSSR count). The standard InChI is InChI=1S/C20H23F3N2S/c1-12(2)18(17-10-5-13(3)11-14(17)4)25-19(26)24-16-8-6-15(7-9-16)20(21,22)23/h5-12,18H,1-4H3,(H2,24,25,26)/t18-/m1/s1. The highest BCUT2D eigenvalue weighted by atomic mass is 32.1. The quantitative estimate of drug-likeness (QED) is 0.636. The van der Waals surface area contributed by atoms with Gasteiger partial charge in [-0.2, -0.15) is 13.2 Å². The van der Waals surface area contributed by atoms with Crippen LogP contribution >= 0.6 is 12.2 Å². The van der Waals surface area contributed by atoms with Gasteiger partial charge in [0.15, 0.2) is 5.11 Å². The second kappa shape index (κ2) is 8.08. The van der Waals surface area contributed by atoms with Crippen molar-refractivity contribution in [3.63, 3.8) is 0 Å². The van der Waals surface area contributed by atoms with E-state index in [-0.39, 0.29) is 12.0 Å². The Morgan fingerprint density at radius 2 is 1.62 bits per heavy atom. The minimum absolute atomic E-state index is 0.00467. The number of alkyl halides is 3. The van der Waals surface area contributed by atoms with Crippen LogP contribution in [0.15, 0.2) is 42.5 Å². The highest BCUT2D eigenvalue weighted by Gasteiger charge is 2.30. The fraction of sp³-hybridized carbons (Fsp3) is 0.350. The Morgan fingerprint density at radius 1 is 1.00 bits per heavy atom. The molecule has 0 aromatic heterocycles. The molecule has 0 aliphatic rings. The maximum Gasteiger partial charge on any atom is 0.416 e. The van der Waals surface area contributed by atoms with E-state index in [1.807, 2.05) is 6.92 Å². The normalized spacial score (nSPS) is 12.8. The van der Waals surface area contributed by atoms with Crippen LogP contribution < -0.4 is 10.6 Å². The van der Waals surface area contributed by atoms with Crippen molar-refractivity contribution in [1.29, 1.82) is 0 Å². The van der Waals surface area contributed by atoms with E-state index in [2.05, 4.69) is 49.6 Å². The maximum atomic E-state index is 12.6. The molecule has 0 unspecified atom stereocenters. The zero-order valence-electron chi connectivity index (χ0n) is 15.2. The molecule has 0 saturated carbocycles. The average molecular weight is 380 g/mol. The number of aryl methyl sites for hydroxylation is 2. The molecule has 2 nitrogen and oxygen atoms in total. The van der Waals surface area contributed by atoms with Crippen LogP contribution in [0.2, 0.25) is 0 Å². The molecule has 2 N–H and O–H groups in total. The highest BCUT2D eigenvalue weighted by Crippen LogP contribution is 2.30. The molecular weight excluding hydrogens is 357 g/mol. The molecule has 0 heterocycles. The lowest BCUT2D eigenvalue weighted by Gasteiger charge is -2.26. The molecule has 2 aromatic rings. The average Bonchev–Trinajstić information content (AvgIpc) is 2.52. The third-order valence-electron chi connectivity index (χ3n) is 4.18. The predicted molar refractivity (Wildman–Crippen MR) is 104 cm³/mol. The van der Waals surface area contributed by atoms with Gasteiger partial charge in [0.2, 0.25) is 0 Å². The summed E-state index contributed by atoms with van der Waals surface area (Å²) < 4.78 is 37.9. The first-order valence-electron chi connectivity index (χ1n) is 8.40. The van der Waals surface area contributed by atoms with Gasteiger partial charge in [0.1, 0.15) is 0 Å². The van der Waals surface area contributed by atoms with Crippen LogP contribution in [0.4, 0.5) is 18.9 Å². The molecule has 0 amide bonds. The van der Waals surface area contributed by atoms with Crippen molar-refractivity contribution in [3.8, 4) is 0 Å². The Kier molecular flexibility index (Phi) is 6.29. The molecule has 26 heavy (non-hydrogen) atoms. The first kappa shape index (κ1) is 20.2. The van der Waals surface area contributed by atoms with E-state index in [0.717, 1.165) is 17.7 Å². The lowest BCUT2D eigenvalue weighted by Crippen LogP contribution is -2.35. The minimum Gasteiger partial charge on any atom is -0.355 e. The van der Waals surface area contributed by atoms with Crippen molar-refractivity contribution < 1.29 is 13.2 Å². The van der Waals surface area contributed by atoms with Crippen molar-refractivity contribution in [3.05, 3.63) is 64.7 Å². The molecule has 0 fully saturated rings. The van der Waals surface area contributed by atoms with Crippen molar-refractivity contribution in [1.82, 2.24) is 5.32 Å². The summed E-state index contributed by atoms with van der Waals surface area (Å²) in [6.45, 7) is 8.30. The second-order valence-electron chi connectivity index (χ2n) is 6.76. The number of anilines is 1. The Balaban J connectivity index is 2.11. The first-order chi connectivity index (χ1) is 12.1. The van der Waals surface area contributed by atoms with Crippen LogP contribution in [0.3, 0.4) is 0 Å². The van der Waals surface area contributed by atoms with Crippen molar-refractivity contribution in [2.75, 3.05) is 5.32 Å². The van der Waals surface area contributed by atoms with E-state index in [0.29, 0.717) is 10.8 Å². The predicted octanol–water partition coefficient (Wildman–Crippen LogP) is 6.01. The molecule has 0 aliphatic heterocycles. The minimum atomic E-state index is -4.34. The van der Waals surface area contributed by atoms with Gasteiger partial charge < -0.3 is 10.6 Å². The number of rotatable bonds is 4. The fourth-order valence-electron chi connectivity index (χ4n) is 2.83. The number of nitrogens with one attached hydrogen (secondary N) is 2. The molecule has 0 saturated heterocycles. The molecule has 0 spiro atoms. The number of benzene rings is 2. The van der Waals surface area contributed by atoms with Gasteiger partial charge >= 0.3 is 6.18 Å². The van der Waals surface area contributed by atoms with Gasteiger partial charge in [0, 0.05) is 5.69 Å². The monoisotopic (exact) mass is 380 g/mol. The summed E-state index contributed by atoms with van der Waals surface area (Å²) in [7, 11) is 0. The van der Waals surface area contributed by atoms with Gasteiger partial charge in [-0.05, 0) is 67.4 Å². The van der Waals surface area contributed by atoms with Crippen LogP contribution in [0, 0.1) is 19.8 Å². The summed E-state index contributed by atoms with van der Waals surface area (Å²) in [5.74, 6) is 0.281. The van der Waals surface area contributed by atoms with E-state index in [9.17, 15) is 13.2 Å². The Bertz CT molecular complexity index is 768. The van der Waals surface area contributed by atoms with Crippen molar-refractivity contribution in [2.45, 2.75) is 39.9 Å². The smallest absolute Gasteiger partial charge is 0.355 e. The van der Waals surface area contributed by atoms with E-state index in [1.54, 1.807) is 0 Å². The van der Waals surface area contributed by atoms with Crippen molar-refractivity contribution >= 4 is 23.0 Å². The summed E-state index contributed by atoms with van der Waals surface area (Å²) in [5.41, 5.74) is 3.35. The van der Waals surface area contributed by atoms with Crippen LogP contribution in [0.1, 0.15) is 42.1 Å². The highest BCUT2D eigenvalue weighted by molar-refractivity contribution is 7.80. The Hall–Kier alpha value is -2.08. The summed E-state index contributed by atoms with van der Waals surface area (Å²) >= 11 is 5.36. The first-order valence-corrected chi connectivity index (χ1v) is 8.80. The third-order valence-corrected chi connectivity index (χ3v) is 4.40. The number of hydrogen-bond acceptors (Lipinski definition) is 1. The zero-order chi connectivity index (χ0) is 19.5. The van der Waals surface area contributed by atoms with Gasteiger partial charge in [-0.15, -0.1) is 0 Å². The van der Waals surface area contributed by atoms with Gasteiger partial charge in [0.05, 0.1) is 11.6 Å². The van der Waals surface area contributed by atoms with E-state index in [1.165, 1.54) is 23.3 Å². The number of hydrogen-bond donors (Lipinski definition) is 2. The summed E-state index contributed by atoms with van der Waals surface area (Å²) in [6.07, 6.45) is -4.34. The largest absolute Gasteiger partial charge is 0.416 e. The zero-order valence-corrected chi connectivity index (χ0v) is 16.1. The van der Waals surface area contributed by atoms with E-state index < -0.39 is 11.7 Å². The topological polar surface area (TPSA) is 24.1 Å². The van der Waals surface area contributed by atoms with Gasteiger partial charge in [-0.1, -0.05) is 37.6 Å². The molecule has 1 atom stereocenters. The van der Waals surface area contributed by atoms with E-state index in [4.69, 9.17) is 12.2 Å². The molecule has 0 aliphatic carbocycles. The SMILES string of the molecule is Cc1ccc([C@H](NC(=S)Nc2ccc(C(F)(F)F)cc2)C(C)C)c(C)c1. The van der Waals surface area contributed by atoms with Crippen molar-refractivity contribution in [2.24, 2.45) is 5.92 Å². The van der Waals surface area contributed by atoms with Gasteiger partial charge in [-0.3, -0.25) is 0 Å². The van der Waals surface area contributed by atoms with Crippen LogP contribution in [-0.4, -0.2) is 5.11 Å². The Labute approximate surface area is 157 Å². The molecule has 0 bridgehead atoms. The molecular formula is C20H23F3N2S. The lowest BCUT2D eigenvalue weighted by atomic mass is 9.92. The summed E-state index contributed by atoms with van der Waals surface area (Å²) in [6, 6.07) is 11.1. The molecule has 140 valence electrons. The Morgan fingerprint density at radius 3 is 2.12 bits per heavy atom. The maximum absolute atomic E-state index is 12.6. The van der Waals surface area contributed by atoms with Crippen LogP contribution in [-0.2, 0) is 6.18 Å². The lowest BCUT2D eigenvalue weighted by molar-refractivity contribution is -0.137.